The maximum absolute atomic E-state index is 10.8. The SMILES string of the molecule is CCSC[C@H](O)[C@H]1OC(=O)C(O)=C1O. The molecule has 0 aliphatic carbocycles. The van der Waals surface area contributed by atoms with E-state index in [4.69, 9.17) is 5.11 Å². The highest BCUT2D eigenvalue weighted by molar-refractivity contribution is 7.99. The molecule has 1 heterocycles. The maximum atomic E-state index is 10.8. The predicted octanol–water partition coefficient (Wildman–Crippen LogP) is 0.353. The van der Waals surface area contributed by atoms with E-state index in [0.717, 1.165) is 5.75 Å². The normalized spacial score (nSPS) is 23.9. The van der Waals surface area contributed by atoms with E-state index in [2.05, 4.69) is 4.74 Å². The molecule has 0 amide bonds. The average Bonchev–Trinajstić information content (AvgIpc) is 2.42. The first-order chi connectivity index (χ1) is 6.57. The number of carbonyl (C=O) groups is 1. The van der Waals surface area contributed by atoms with Crippen LogP contribution in [-0.2, 0) is 9.53 Å². The molecule has 80 valence electrons. The van der Waals surface area contributed by atoms with Crippen molar-refractivity contribution in [3.05, 3.63) is 11.5 Å². The van der Waals surface area contributed by atoms with Crippen LogP contribution in [0.1, 0.15) is 6.92 Å². The van der Waals surface area contributed by atoms with Gasteiger partial charge in [0, 0.05) is 5.75 Å². The standard InChI is InChI=1S/C8H12O5S/c1-2-14-3-4(9)7-5(10)6(11)8(12)13-7/h4,7,9-11H,2-3H2,1H3/t4-,7+/m0/s1. The zero-order valence-corrected chi connectivity index (χ0v) is 8.45. The van der Waals surface area contributed by atoms with Gasteiger partial charge in [0.15, 0.2) is 11.9 Å². The van der Waals surface area contributed by atoms with Crippen LogP contribution >= 0.6 is 11.8 Å². The van der Waals surface area contributed by atoms with Gasteiger partial charge in [-0.05, 0) is 5.75 Å². The third-order valence-electron chi connectivity index (χ3n) is 1.78. The molecule has 5 nitrogen and oxygen atoms in total. The molecule has 0 bridgehead atoms. The fourth-order valence-corrected chi connectivity index (χ4v) is 1.71. The van der Waals surface area contributed by atoms with Crippen molar-refractivity contribution in [1.29, 1.82) is 0 Å². The lowest BCUT2D eigenvalue weighted by Gasteiger charge is -2.16. The Bertz CT molecular complexity index is 262. The summed E-state index contributed by atoms with van der Waals surface area (Å²) in [6.45, 7) is 1.92. The van der Waals surface area contributed by atoms with E-state index in [0.29, 0.717) is 5.75 Å². The van der Waals surface area contributed by atoms with Crippen molar-refractivity contribution in [2.24, 2.45) is 0 Å². The zero-order valence-electron chi connectivity index (χ0n) is 7.64. The highest BCUT2D eigenvalue weighted by Crippen LogP contribution is 2.22. The van der Waals surface area contributed by atoms with Gasteiger partial charge in [-0.25, -0.2) is 4.79 Å². The molecule has 2 atom stereocenters. The van der Waals surface area contributed by atoms with Gasteiger partial charge in [-0.15, -0.1) is 0 Å². The molecule has 0 unspecified atom stereocenters. The molecule has 1 rings (SSSR count). The quantitative estimate of drug-likeness (QED) is 0.593. The van der Waals surface area contributed by atoms with E-state index in [9.17, 15) is 15.0 Å². The molecule has 0 aromatic rings. The number of ether oxygens (including phenoxy) is 1. The summed E-state index contributed by atoms with van der Waals surface area (Å²) in [6, 6.07) is 0. The number of hydrogen-bond donors (Lipinski definition) is 3. The van der Waals surface area contributed by atoms with Crippen LogP contribution in [0.5, 0.6) is 0 Å². The van der Waals surface area contributed by atoms with E-state index in [1.54, 1.807) is 0 Å². The third-order valence-corrected chi connectivity index (χ3v) is 2.77. The fourth-order valence-electron chi connectivity index (χ4n) is 1.05. The first-order valence-electron chi connectivity index (χ1n) is 4.16. The third kappa shape index (κ3) is 2.13. The smallest absolute Gasteiger partial charge is 0.377 e. The Balaban J connectivity index is 2.59. The number of aliphatic hydroxyl groups is 3. The molecule has 0 saturated heterocycles. The molecule has 0 aromatic heterocycles. The minimum atomic E-state index is -1.12. The highest BCUT2D eigenvalue weighted by Gasteiger charge is 2.38. The molecule has 0 radical (unpaired) electrons. The monoisotopic (exact) mass is 220 g/mol. The van der Waals surface area contributed by atoms with E-state index < -0.39 is 29.7 Å². The molecule has 0 aromatic carbocycles. The summed E-state index contributed by atoms with van der Waals surface area (Å²) in [5.74, 6) is -1.23. The molecule has 0 spiro atoms. The van der Waals surface area contributed by atoms with Gasteiger partial charge in [0.25, 0.3) is 0 Å². The largest absolute Gasteiger partial charge is 0.505 e. The van der Waals surface area contributed by atoms with Gasteiger partial charge < -0.3 is 20.1 Å². The Hall–Kier alpha value is -0.880. The van der Waals surface area contributed by atoms with Crippen LogP contribution in [0.3, 0.4) is 0 Å². The van der Waals surface area contributed by atoms with Gasteiger partial charge in [0.1, 0.15) is 6.10 Å². The van der Waals surface area contributed by atoms with Crippen LogP contribution in [-0.4, -0.2) is 45.0 Å². The van der Waals surface area contributed by atoms with Crippen molar-refractivity contribution >= 4 is 17.7 Å². The molecule has 0 fully saturated rings. The summed E-state index contributed by atoms with van der Waals surface area (Å²) < 4.78 is 4.57. The Morgan fingerprint density at radius 3 is 2.64 bits per heavy atom. The van der Waals surface area contributed by atoms with E-state index in [-0.39, 0.29) is 0 Å². The number of esters is 1. The first-order valence-corrected chi connectivity index (χ1v) is 5.32. The summed E-state index contributed by atoms with van der Waals surface area (Å²) in [6.07, 6.45) is -2.12. The van der Waals surface area contributed by atoms with Crippen molar-refractivity contribution < 1.29 is 24.9 Å². The lowest BCUT2D eigenvalue weighted by Crippen LogP contribution is -2.30. The average molecular weight is 220 g/mol. The number of hydrogen-bond acceptors (Lipinski definition) is 6. The minimum Gasteiger partial charge on any atom is -0.505 e. The van der Waals surface area contributed by atoms with Crippen molar-refractivity contribution in [2.45, 2.75) is 19.1 Å². The van der Waals surface area contributed by atoms with Crippen LogP contribution < -0.4 is 0 Å². The second-order valence-corrected chi connectivity index (χ2v) is 4.11. The van der Waals surface area contributed by atoms with Crippen molar-refractivity contribution in [1.82, 2.24) is 0 Å². The second kappa shape index (κ2) is 4.56. The molecule has 3 N–H and O–H groups in total. The molecular weight excluding hydrogens is 208 g/mol. The topological polar surface area (TPSA) is 87.0 Å². The Labute approximate surface area is 85.4 Å². The first kappa shape index (κ1) is 11.2. The Morgan fingerprint density at radius 2 is 2.21 bits per heavy atom. The number of rotatable bonds is 4. The summed E-state index contributed by atoms with van der Waals surface area (Å²) in [4.78, 5) is 10.8. The van der Waals surface area contributed by atoms with Gasteiger partial charge >= 0.3 is 5.97 Å². The number of thioether (sulfide) groups is 1. The van der Waals surface area contributed by atoms with Gasteiger partial charge in [-0.3, -0.25) is 0 Å². The van der Waals surface area contributed by atoms with Gasteiger partial charge in [-0.1, -0.05) is 6.92 Å². The van der Waals surface area contributed by atoms with Gasteiger partial charge in [-0.2, -0.15) is 11.8 Å². The lowest BCUT2D eigenvalue weighted by molar-refractivity contribution is -0.146. The summed E-state index contributed by atoms with van der Waals surface area (Å²) in [5, 5.41) is 27.6. The summed E-state index contributed by atoms with van der Waals surface area (Å²) in [5.41, 5.74) is 0. The van der Waals surface area contributed by atoms with Crippen molar-refractivity contribution in [3.63, 3.8) is 0 Å². The molecular formula is C8H12O5S. The summed E-state index contributed by atoms with van der Waals surface area (Å²) >= 11 is 1.45. The number of cyclic esters (lactones) is 1. The highest BCUT2D eigenvalue weighted by atomic mass is 32.2. The van der Waals surface area contributed by atoms with E-state index in [1.807, 2.05) is 6.92 Å². The molecule has 6 heteroatoms. The molecule has 1 aliphatic rings. The van der Waals surface area contributed by atoms with Gasteiger partial charge in [0.2, 0.25) is 5.76 Å². The fraction of sp³-hybridized carbons (Fsp3) is 0.625. The Kier molecular flexibility index (Phi) is 3.65. The summed E-state index contributed by atoms with van der Waals surface area (Å²) in [7, 11) is 0. The predicted molar refractivity (Wildman–Crippen MR) is 51.2 cm³/mol. The molecule has 14 heavy (non-hydrogen) atoms. The number of carbonyl (C=O) groups excluding carboxylic acids is 1. The molecule has 0 saturated carbocycles. The van der Waals surface area contributed by atoms with Crippen LogP contribution in [0.15, 0.2) is 11.5 Å². The zero-order chi connectivity index (χ0) is 10.7. The van der Waals surface area contributed by atoms with Crippen LogP contribution in [0.2, 0.25) is 0 Å². The van der Waals surface area contributed by atoms with Crippen LogP contribution in [0, 0.1) is 0 Å². The van der Waals surface area contributed by atoms with Gasteiger partial charge in [0.05, 0.1) is 0 Å². The lowest BCUT2D eigenvalue weighted by atomic mass is 10.2. The van der Waals surface area contributed by atoms with Crippen LogP contribution in [0.25, 0.3) is 0 Å². The molecule has 1 aliphatic heterocycles. The van der Waals surface area contributed by atoms with E-state index in [1.165, 1.54) is 11.8 Å². The Morgan fingerprint density at radius 1 is 1.57 bits per heavy atom. The second-order valence-electron chi connectivity index (χ2n) is 2.79. The van der Waals surface area contributed by atoms with Crippen molar-refractivity contribution in [3.8, 4) is 0 Å². The maximum Gasteiger partial charge on any atom is 0.377 e. The van der Waals surface area contributed by atoms with Crippen LogP contribution in [0.4, 0.5) is 0 Å². The number of aliphatic hydroxyl groups excluding tert-OH is 3. The van der Waals surface area contributed by atoms with E-state index >= 15 is 0 Å². The minimum absolute atomic E-state index is 0.339. The van der Waals surface area contributed by atoms with Crippen molar-refractivity contribution in [2.75, 3.05) is 11.5 Å².